The Bertz CT molecular complexity index is 682. The molecule has 1 unspecified atom stereocenters. The summed E-state index contributed by atoms with van der Waals surface area (Å²) < 4.78 is 5.47. The Hall–Kier alpha value is -2.47. The second kappa shape index (κ2) is 3.76. The minimum Gasteiger partial charge on any atom is -0.458 e. The highest BCUT2D eigenvalue weighted by molar-refractivity contribution is 5.75. The fourth-order valence-electron chi connectivity index (χ4n) is 2.17. The average molecular weight is 258 g/mol. The van der Waals surface area contributed by atoms with Crippen LogP contribution in [-0.2, 0) is 5.79 Å². The van der Waals surface area contributed by atoms with Gasteiger partial charge < -0.3 is 9.84 Å². The van der Waals surface area contributed by atoms with E-state index in [1.165, 1.54) is 25.1 Å². The summed E-state index contributed by atoms with van der Waals surface area (Å²) in [5.41, 5.74) is 1.46. The number of nitro benzene ring substituents is 1. The fourth-order valence-corrected chi connectivity index (χ4v) is 2.17. The molecule has 0 radical (unpaired) electrons. The summed E-state index contributed by atoms with van der Waals surface area (Å²) in [5.74, 6) is -1.12. The minimum absolute atomic E-state index is 0.0412. The van der Waals surface area contributed by atoms with Crippen LogP contribution in [0.3, 0.4) is 0 Å². The van der Waals surface area contributed by atoms with E-state index in [4.69, 9.17) is 4.74 Å². The first-order chi connectivity index (χ1) is 8.99. The average Bonchev–Trinajstić information content (AvgIpc) is 2.38. The number of aromatic nitrogens is 1. The molecule has 0 spiro atoms. The minimum atomic E-state index is -1.49. The largest absolute Gasteiger partial charge is 0.458 e. The van der Waals surface area contributed by atoms with Gasteiger partial charge in [0, 0.05) is 36.4 Å². The highest BCUT2D eigenvalue weighted by atomic mass is 16.6. The van der Waals surface area contributed by atoms with E-state index in [1.807, 2.05) is 0 Å². The topological polar surface area (TPSA) is 85.5 Å². The van der Waals surface area contributed by atoms with Crippen molar-refractivity contribution in [3.8, 4) is 17.0 Å². The predicted octanol–water partition coefficient (Wildman–Crippen LogP) is 2.21. The van der Waals surface area contributed by atoms with Gasteiger partial charge in [-0.25, -0.2) is 0 Å². The molecule has 6 heteroatoms. The van der Waals surface area contributed by atoms with E-state index < -0.39 is 10.7 Å². The standard InChI is InChI=1S/C13H10N2O4/c1-13(16)10-3-2-6-14-12(10)9-7-8(15(17)18)4-5-11(9)19-13/h2-7,16H,1H3. The second-order valence-electron chi connectivity index (χ2n) is 4.42. The highest BCUT2D eigenvalue weighted by Crippen LogP contribution is 2.43. The first-order valence-corrected chi connectivity index (χ1v) is 5.65. The summed E-state index contributed by atoms with van der Waals surface area (Å²) in [7, 11) is 0. The van der Waals surface area contributed by atoms with Crippen molar-refractivity contribution in [1.82, 2.24) is 4.98 Å². The third-order valence-corrected chi connectivity index (χ3v) is 3.05. The number of nitro groups is 1. The van der Waals surface area contributed by atoms with E-state index in [2.05, 4.69) is 4.98 Å². The summed E-state index contributed by atoms with van der Waals surface area (Å²) >= 11 is 0. The summed E-state index contributed by atoms with van der Waals surface area (Å²) in [6.07, 6.45) is 1.57. The zero-order chi connectivity index (χ0) is 13.6. The summed E-state index contributed by atoms with van der Waals surface area (Å²) in [5, 5.41) is 21.1. The molecule has 0 saturated carbocycles. The Balaban J connectivity index is 2.28. The number of nitrogens with zero attached hydrogens (tertiary/aromatic N) is 2. The number of non-ortho nitro benzene ring substituents is 1. The van der Waals surface area contributed by atoms with Gasteiger partial charge in [0.05, 0.1) is 10.6 Å². The van der Waals surface area contributed by atoms with Crippen LogP contribution in [0.25, 0.3) is 11.3 Å². The molecule has 1 atom stereocenters. The van der Waals surface area contributed by atoms with Crippen LogP contribution in [-0.4, -0.2) is 15.0 Å². The maximum Gasteiger partial charge on any atom is 0.270 e. The molecule has 0 aliphatic carbocycles. The predicted molar refractivity (Wildman–Crippen MR) is 66.5 cm³/mol. The van der Waals surface area contributed by atoms with Crippen molar-refractivity contribution in [3.63, 3.8) is 0 Å². The van der Waals surface area contributed by atoms with Crippen molar-refractivity contribution in [1.29, 1.82) is 0 Å². The van der Waals surface area contributed by atoms with Crippen molar-refractivity contribution in [2.24, 2.45) is 0 Å². The summed E-state index contributed by atoms with van der Waals surface area (Å²) in [4.78, 5) is 14.5. The molecule has 19 heavy (non-hydrogen) atoms. The molecule has 1 N–H and O–H groups in total. The lowest BCUT2D eigenvalue weighted by Gasteiger charge is -2.32. The quantitative estimate of drug-likeness (QED) is 0.626. The van der Waals surface area contributed by atoms with Crippen molar-refractivity contribution in [2.45, 2.75) is 12.7 Å². The number of hydrogen-bond acceptors (Lipinski definition) is 5. The van der Waals surface area contributed by atoms with Gasteiger partial charge in [0.25, 0.3) is 5.69 Å². The second-order valence-corrected chi connectivity index (χ2v) is 4.42. The van der Waals surface area contributed by atoms with Crippen LogP contribution in [0.2, 0.25) is 0 Å². The molecule has 1 aliphatic heterocycles. The number of benzene rings is 1. The van der Waals surface area contributed by atoms with Crippen LogP contribution < -0.4 is 4.74 Å². The Labute approximate surface area is 108 Å². The number of fused-ring (bicyclic) bond motifs is 3. The lowest BCUT2D eigenvalue weighted by molar-refractivity contribution is -0.384. The molecule has 96 valence electrons. The molecule has 2 aromatic rings. The van der Waals surface area contributed by atoms with E-state index >= 15 is 0 Å². The number of ether oxygens (including phenoxy) is 1. The third kappa shape index (κ3) is 1.73. The van der Waals surface area contributed by atoms with Gasteiger partial charge in [0.1, 0.15) is 5.75 Å². The lowest BCUT2D eigenvalue weighted by Crippen LogP contribution is -2.32. The molecular formula is C13H10N2O4. The Morgan fingerprint density at radius 1 is 1.42 bits per heavy atom. The van der Waals surface area contributed by atoms with Crippen molar-refractivity contribution in [3.05, 3.63) is 52.2 Å². The zero-order valence-corrected chi connectivity index (χ0v) is 10.0. The third-order valence-electron chi connectivity index (χ3n) is 3.05. The van der Waals surface area contributed by atoms with Crippen molar-refractivity contribution < 1.29 is 14.8 Å². The maximum absolute atomic E-state index is 10.8. The normalized spacial score (nSPS) is 20.1. The van der Waals surface area contributed by atoms with E-state index in [9.17, 15) is 15.2 Å². The van der Waals surface area contributed by atoms with Gasteiger partial charge in [0.2, 0.25) is 5.79 Å². The van der Waals surface area contributed by atoms with Gasteiger partial charge >= 0.3 is 0 Å². The molecule has 1 aromatic heterocycles. The number of rotatable bonds is 1. The number of aliphatic hydroxyl groups is 1. The van der Waals surface area contributed by atoms with E-state index in [1.54, 1.807) is 18.3 Å². The first kappa shape index (κ1) is 11.6. The highest BCUT2D eigenvalue weighted by Gasteiger charge is 2.36. The first-order valence-electron chi connectivity index (χ1n) is 5.65. The number of hydrogen-bond donors (Lipinski definition) is 1. The van der Waals surface area contributed by atoms with Crippen LogP contribution in [0, 0.1) is 10.1 Å². The molecule has 0 bridgehead atoms. The molecule has 2 heterocycles. The van der Waals surface area contributed by atoms with Gasteiger partial charge in [-0.05, 0) is 18.2 Å². The van der Waals surface area contributed by atoms with Gasteiger partial charge in [-0.3, -0.25) is 15.1 Å². The van der Waals surface area contributed by atoms with Crippen LogP contribution in [0.15, 0.2) is 36.5 Å². The molecule has 0 saturated heterocycles. The smallest absolute Gasteiger partial charge is 0.270 e. The fraction of sp³-hybridized carbons (Fsp3) is 0.154. The van der Waals surface area contributed by atoms with Gasteiger partial charge in [-0.2, -0.15) is 0 Å². The molecule has 6 nitrogen and oxygen atoms in total. The zero-order valence-electron chi connectivity index (χ0n) is 10.0. The molecule has 0 fully saturated rings. The Morgan fingerprint density at radius 3 is 2.95 bits per heavy atom. The lowest BCUT2D eigenvalue weighted by atomic mass is 9.96. The monoisotopic (exact) mass is 258 g/mol. The van der Waals surface area contributed by atoms with E-state index in [0.717, 1.165) is 0 Å². The van der Waals surface area contributed by atoms with Crippen LogP contribution in [0.4, 0.5) is 5.69 Å². The molecular weight excluding hydrogens is 248 g/mol. The van der Waals surface area contributed by atoms with Gasteiger partial charge in [0.15, 0.2) is 0 Å². The van der Waals surface area contributed by atoms with Crippen molar-refractivity contribution in [2.75, 3.05) is 0 Å². The SMILES string of the molecule is CC1(O)Oc2ccc([N+](=O)[O-])cc2-c2ncccc21. The molecule has 1 aliphatic rings. The number of pyridine rings is 1. The van der Waals surface area contributed by atoms with E-state index in [-0.39, 0.29) is 5.69 Å². The van der Waals surface area contributed by atoms with Gasteiger partial charge in [-0.1, -0.05) is 0 Å². The Morgan fingerprint density at radius 2 is 2.21 bits per heavy atom. The van der Waals surface area contributed by atoms with Crippen LogP contribution in [0.1, 0.15) is 12.5 Å². The summed E-state index contributed by atoms with van der Waals surface area (Å²) in [6, 6.07) is 7.57. The van der Waals surface area contributed by atoms with Crippen LogP contribution >= 0.6 is 0 Å². The Kier molecular flexibility index (Phi) is 2.30. The van der Waals surface area contributed by atoms with Crippen molar-refractivity contribution >= 4 is 5.69 Å². The van der Waals surface area contributed by atoms with Gasteiger partial charge in [-0.15, -0.1) is 0 Å². The molecule has 1 aromatic carbocycles. The summed E-state index contributed by atoms with van der Waals surface area (Å²) in [6.45, 7) is 1.51. The molecule has 0 amide bonds. The van der Waals surface area contributed by atoms with E-state index in [0.29, 0.717) is 22.6 Å². The van der Waals surface area contributed by atoms with Crippen LogP contribution in [0.5, 0.6) is 5.75 Å². The maximum atomic E-state index is 10.8. The molecule has 3 rings (SSSR count).